The van der Waals surface area contributed by atoms with Crippen molar-refractivity contribution in [2.24, 2.45) is 0 Å². The van der Waals surface area contributed by atoms with E-state index in [1.54, 1.807) is 12.3 Å². The van der Waals surface area contributed by atoms with Crippen molar-refractivity contribution in [3.05, 3.63) is 54.2 Å². The Kier molecular flexibility index (Phi) is 4.79. The summed E-state index contributed by atoms with van der Waals surface area (Å²) in [5.41, 5.74) is 0. The second kappa shape index (κ2) is 6.82. The SMILES string of the molecule is O=S(=O)(NCC(c1ccco1)N1CCCC1)c1ccccc1F. The summed E-state index contributed by atoms with van der Waals surface area (Å²) in [6.07, 6.45) is 3.73. The Labute approximate surface area is 135 Å². The van der Waals surface area contributed by atoms with Crippen molar-refractivity contribution in [3.8, 4) is 0 Å². The Bertz CT molecular complexity index is 740. The van der Waals surface area contributed by atoms with E-state index >= 15 is 0 Å². The van der Waals surface area contributed by atoms with Crippen molar-refractivity contribution in [2.75, 3.05) is 19.6 Å². The van der Waals surface area contributed by atoms with Crippen LogP contribution in [-0.2, 0) is 10.0 Å². The molecule has 124 valence electrons. The van der Waals surface area contributed by atoms with Gasteiger partial charge in [-0.05, 0) is 50.2 Å². The lowest BCUT2D eigenvalue weighted by Crippen LogP contribution is -2.36. The molecular weight excluding hydrogens is 319 g/mol. The van der Waals surface area contributed by atoms with E-state index in [-0.39, 0.29) is 17.5 Å². The van der Waals surface area contributed by atoms with Crippen molar-refractivity contribution in [1.29, 1.82) is 0 Å². The van der Waals surface area contributed by atoms with Gasteiger partial charge in [-0.25, -0.2) is 17.5 Å². The lowest BCUT2D eigenvalue weighted by atomic mass is 10.2. The molecule has 0 amide bonds. The van der Waals surface area contributed by atoms with Gasteiger partial charge in [-0.3, -0.25) is 4.90 Å². The van der Waals surface area contributed by atoms with Gasteiger partial charge < -0.3 is 4.42 Å². The number of sulfonamides is 1. The lowest BCUT2D eigenvalue weighted by Gasteiger charge is -2.26. The van der Waals surface area contributed by atoms with Crippen LogP contribution in [0.25, 0.3) is 0 Å². The van der Waals surface area contributed by atoms with Crippen LogP contribution in [-0.4, -0.2) is 33.0 Å². The molecule has 1 fully saturated rings. The average molecular weight is 338 g/mol. The normalized spacial score (nSPS) is 17.4. The maximum absolute atomic E-state index is 13.7. The number of likely N-dealkylation sites (tertiary alicyclic amines) is 1. The minimum Gasteiger partial charge on any atom is -0.468 e. The van der Waals surface area contributed by atoms with Crippen LogP contribution in [0.1, 0.15) is 24.6 Å². The van der Waals surface area contributed by atoms with Crippen LogP contribution < -0.4 is 4.72 Å². The van der Waals surface area contributed by atoms with Crippen molar-refractivity contribution in [1.82, 2.24) is 9.62 Å². The molecule has 1 aliphatic rings. The van der Waals surface area contributed by atoms with Crippen LogP contribution in [0.5, 0.6) is 0 Å². The van der Waals surface area contributed by atoms with E-state index < -0.39 is 15.8 Å². The summed E-state index contributed by atoms with van der Waals surface area (Å²) in [6, 6.07) is 8.79. The largest absolute Gasteiger partial charge is 0.468 e. The third-order valence-electron chi connectivity index (χ3n) is 4.05. The average Bonchev–Trinajstić information content (AvgIpc) is 3.21. The van der Waals surface area contributed by atoms with Crippen LogP contribution in [0.3, 0.4) is 0 Å². The Morgan fingerprint density at radius 3 is 2.57 bits per heavy atom. The standard InChI is InChI=1S/C16H19FN2O3S/c17-13-6-1-2-8-16(13)23(20,21)18-12-14(15-7-5-11-22-15)19-9-3-4-10-19/h1-2,5-8,11,14,18H,3-4,9-10,12H2. The molecule has 2 heterocycles. The third-order valence-corrected chi connectivity index (χ3v) is 5.50. The number of nitrogens with zero attached hydrogens (tertiary/aromatic N) is 1. The Balaban J connectivity index is 1.77. The van der Waals surface area contributed by atoms with Crippen LogP contribution >= 0.6 is 0 Å². The fraction of sp³-hybridized carbons (Fsp3) is 0.375. The van der Waals surface area contributed by atoms with Gasteiger partial charge in [-0.15, -0.1) is 0 Å². The van der Waals surface area contributed by atoms with Gasteiger partial charge in [-0.1, -0.05) is 12.1 Å². The summed E-state index contributed by atoms with van der Waals surface area (Å²) >= 11 is 0. The molecule has 0 radical (unpaired) electrons. The number of hydrogen-bond donors (Lipinski definition) is 1. The zero-order valence-corrected chi connectivity index (χ0v) is 13.4. The second-order valence-electron chi connectivity index (χ2n) is 5.56. The highest BCUT2D eigenvalue weighted by molar-refractivity contribution is 7.89. The van der Waals surface area contributed by atoms with Gasteiger partial charge in [0.2, 0.25) is 10.0 Å². The molecule has 1 N–H and O–H groups in total. The zero-order valence-electron chi connectivity index (χ0n) is 12.6. The molecule has 1 atom stereocenters. The fourth-order valence-electron chi connectivity index (χ4n) is 2.87. The molecular formula is C16H19FN2O3S. The maximum Gasteiger partial charge on any atom is 0.243 e. The van der Waals surface area contributed by atoms with Gasteiger partial charge in [0.1, 0.15) is 16.5 Å². The minimum absolute atomic E-state index is 0.143. The highest BCUT2D eigenvalue weighted by atomic mass is 32.2. The van der Waals surface area contributed by atoms with Crippen molar-refractivity contribution in [3.63, 3.8) is 0 Å². The van der Waals surface area contributed by atoms with E-state index in [1.807, 2.05) is 6.07 Å². The summed E-state index contributed by atoms with van der Waals surface area (Å²) in [4.78, 5) is 1.85. The topological polar surface area (TPSA) is 62.6 Å². The van der Waals surface area contributed by atoms with E-state index in [0.29, 0.717) is 5.76 Å². The molecule has 0 bridgehead atoms. The smallest absolute Gasteiger partial charge is 0.243 e. The van der Waals surface area contributed by atoms with Gasteiger partial charge in [0.15, 0.2) is 0 Å². The molecule has 1 aliphatic heterocycles. The van der Waals surface area contributed by atoms with E-state index in [0.717, 1.165) is 32.0 Å². The lowest BCUT2D eigenvalue weighted by molar-refractivity contribution is 0.216. The molecule has 1 unspecified atom stereocenters. The summed E-state index contributed by atoms with van der Waals surface area (Å²) < 4.78 is 46.4. The maximum atomic E-state index is 13.7. The van der Waals surface area contributed by atoms with Crippen molar-refractivity contribution < 1.29 is 17.2 Å². The number of hydrogen-bond acceptors (Lipinski definition) is 4. The Morgan fingerprint density at radius 2 is 1.91 bits per heavy atom. The number of furan rings is 1. The van der Waals surface area contributed by atoms with Crippen LogP contribution in [0.4, 0.5) is 4.39 Å². The van der Waals surface area contributed by atoms with Crippen LogP contribution in [0.2, 0.25) is 0 Å². The first-order chi connectivity index (χ1) is 11.1. The molecule has 1 aromatic heterocycles. The molecule has 0 spiro atoms. The number of rotatable bonds is 6. The van der Waals surface area contributed by atoms with Gasteiger partial charge in [0.05, 0.1) is 12.3 Å². The number of benzene rings is 1. The molecule has 2 aromatic rings. The molecule has 3 rings (SSSR count). The highest BCUT2D eigenvalue weighted by Crippen LogP contribution is 2.25. The molecule has 23 heavy (non-hydrogen) atoms. The molecule has 1 saturated heterocycles. The fourth-order valence-corrected chi connectivity index (χ4v) is 3.99. The molecule has 0 saturated carbocycles. The van der Waals surface area contributed by atoms with E-state index in [4.69, 9.17) is 4.42 Å². The monoisotopic (exact) mass is 338 g/mol. The minimum atomic E-state index is -3.90. The van der Waals surface area contributed by atoms with Gasteiger partial charge in [-0.2, -0.15) is 0 Å². The van der Waals surface area contributed by atoms with E-state index in [9.17, 15) is 12.8 Å². The first kappa shape index (κ1) is 16.2. The summed E-state index contributed by atoms with van der Waals surface area (Å²) in [5.74, 6) is -0.0427. The highest BCUT2D eigenvalue weighted by Gasteiger charge is 2.28. The van der Waals surface area contributed by atoms with Crippen LogP contribution in [0.15, 0.2) is 52.0 Å². The quantitative estimate of drug-likeness (QED) is 0.879. The van der Waals surface area contributed by atoms with Gasteiger partial charge in [0, 0.05) is 6.54 Å². The molecule has 7 heteroatoms. The van der Waals surface area contributed by atoms with Crippen LogP contribution in [0, 0.1) is 5.82 Å². The van der Waals surface area contributed by atoms with Gasteiger partial charge in [0.25, 0.3) is 0 Å². The van der Waals surface area contributed by atoms with E-state index in [2.05, 4.69) is 9.62 Å². The first-order valence-corrected chi connectivity index (χ1v) is 9.08. The Morgan fingerprint density at radius 1 is 1.17 bits per heavy atom. The second-order valence-corrected chi connectivity index (χ2v) is 7.29. The predicted octanol–water partition coefficient (Wildman–Crippen LogP) is 2.53. The number of halogens is 1. The summed E-state index contributed by atoms with van der Waals surface area (Å²) in [5, 5.41) is 0. The molecule has 1 aromatic carbocycles. The van der Waals surface area contributed by atoms with E-state index in [1.165, 1.54) is 18.2 Å². The van der Waals surface area contributed by atoms with Crippen molar-refractivity contribution in [2.45, 2.75) is 23.8 Å². The number of nitrogens with one attached hydrogen (secondary N) is 1. The summed E-state index contributed by atoms with van der Waals surface area (Å²) in [7, 11) is -3.90. The predicted molar refractivity (Wildman–Crippen MR) is 83.8 cm³/mol. The Hall–Kier alpha value is -1.70. The zero-order chi connectivity index (χ0) is 16.3. The van der Waals surface area contributed by atoms with Gasteiger partial charge >= 0.3 is 0 Å². The third kappa shape index (κ3) is 3.63. The molecule has 5 nitrogen and oxygen atoms in total. The van der Waals surface area contributed by atoms with Crippen molar-refractivity contribution >= 4 is 10.0 Å². The summed E-state index contributed by atoms with van der Waals surface area (Å²) in [6.45, 7) is 1.93. The first-order valence-electron chi connectivity index (χ1n) is 7.59. The molecule has 0 aliphatic carbocycles.